The van der Waals surface area contributed by atoms with Crippen LogP contribution >= 0.6 is 11.3 Å². The highest BCUT2D eigenvalue weighted by Crippen LogP contribution is 2.32. The molecule has 0 amide bonds. The second kappa shape index (κ2) is 8.18. The van der Waals surface area contributed by atoms with Crippen LogP contribution in [0.15, 0.2) is 39.9 Å². The fraction of sp³-hybridized carbons (Fsp3) is 0.412. The number of benzene rings is 1. The molecule has 25 heavy (non-hydrogen) atoms. The third kappa shape index (κ3) is 4.52. The number of aliphatic hydroxyl groups is 1. The molecule has 0 fully saturated rings. The van der Waals surface area contributed by atoms with Crippen LogP contribution in [0.4, 0.5) is 0 Å². The van der Waals surface area contributed by atoms with Gasteiger partial charge in [0.05, 0.1) is 4.90 Å². The molecule has 8 heteroatoms. The molecular weight excluding hydrogens is 362 g/mol. The van der Waals surface area contributed by atoms with Crippen LogP contribution in [0.1, 0.15) is 24.3 Å². The number of sulfonamides is 1. The average Bonchev–Trinajstić information content (AvgIpc) is 3.15. The quantitative estimate of drug-likeness (QED) is 0.731. The molecule has 1 atom stereocenters. The van der Waals surface area contributed by atoms with Gasteiger partial charge in [-0.25, -0.2) is 13.1 Å². The Morgan fingerprint density at radius 1 is 1.16 bits per heavy atom. The SMILES string of the molecule is O=S(=O)(NCC[C@H](CCO)c1ccsc1)c1ccc2c(c1)OCCO2. The largest absolute Gasteiger partial charge is 0.486 e. The summed E-state index contributed by atoms with van der Waals surface area (Å²) >= 11 is 1.60. The van der Waals surface area contributed by atoms with E-state index < -0.39 is 10.0 Å². The van der Waals surface area contributed by atoms with Crippen LogP contribution < -0.4 is 14.2 Å². The Balaban J connectivity index is 1.63. The molecular formula is C17H21NO5S2. The van der Waals surface area contributed by atoms with Gasteiger partial charge in [0, 0.05) is 19.2 Å². The van der Waals surface area contributed by atoms with Gasteiger partial charge in [-0.15, -0.1) is 0 Å². The highest BCUT2D eigenvalue weighted by atomic mass is 32.2. The molecule has 1 aliphatic rings. The van der Waals surface area contributed by atoms with Gasteiger partial charge in [-0.1, -0.05) is 0 Å². The number of ether oxygens (including phenoxy) is 2. The van der Waals surface area contributed by atoms with E-state index in [1.54, 1.807) is 17.4 Å². The van der Waals surface area contributed by atoms with Gasteiger partial charge in [0.2, 0.25) is 10.0 Å². The Kier molecular flexibility index (Phi) is 5.95. The minimum absolute atomic E-state index is 0.0788. The molecule has 0 unspecified atom stereocenters. The summed E-state index contributed by atoms with van der Waals surface area (Å²) in [5, 5.41) is 13.2. The predicted octanol–water partition coefficient (Wildman–Crippen LogP) is 2.35. The van der Waals surface area contributed by atoms with Crippen molar-refractivity contribution in [2.75, 3.05) is 26.4 Å². The second-order valence-electron chi connectivity index (χ2n) is 5.76. The van der Waals surface area contributed by atoms with Crippen LogP contribution in [0.2, 0.25) is 0 Å². The maximum Gasteiger partial charge on any atom is 0.240 e. The lowest BCUT2D eigenvalue weighted by Crippen LogP contribution is -2.26. The molecule has 2 N–H and O–H groups in total. The summed E-state index contributed by atoms with van der Waals surface area (Å²) in [6, 6.07) is 6.63. The van der Waals surface area contributed by atoms with E-state index in [-0.39, 0.29) is 17.4 Å². The molecule has 1 aromatic heterocycles. The van der Waals surface area contributed by atoms with Crippen molar-refractivity contribution >= 4 is 21.4 Å². The van der Waals surface area contributed by atoms with Gasteiger partial charge < -0.3 is 14.6 Å². The lowest BCUT2D eigenvalue weighted by atomic mass is 9.95. The van der Waals surface area contributed by atoms with Gasteiger partial charge in [-0.05, 0) is 53.3 Å². The molecule has 1 aliphatic heterocycles. The van der Waals surface area contributed by atoms with E-state index >= 15 is 0 Å². The van der Waals surface area contributed by atoms with E-state index in [4.69, 9.17) is 9.47 Å². The maximum absolute atomic E-state index is 12.5. The van der Waals surface area contributed by atoms with E-state index in [9.17, 15) is 13.5 Å². The number of hydrogen-bond acceptors (Lipinski definition) is 6. The minimum Gasteiger partial charge on any atom is -0.486 e. The summed E-state index contributed by atoms with van der Waals surface area (Å²) in [5.41, 5.74) is 1.14. The first-order valence-electron chi connectivity index (χ1n) is 8.12. The van der Waals surface area contributed by atoms with E-state index in [1.165, 1.54) is 12.1 Å². The fourth-order valence-corrected chi connectivity index (χ4v) is 4.59. The highest BCUT2D eigenvalue weighted by molar-refractivity contribution is 7.89. The first-order chi connectivity index (χ1) is 12.1. The Morgan fingerprint density at radius 3 is 2.68 bits per heavy atom. The zero-order valence-electron chi connectivity index (χ0n) is 13.7. The molecule has 6 nitrogen and oxygen atoms in total. The van der Waals surface area contributed by atoms with Crippen molar-refractivity contribution in [2.45, 2.75) is 23.7 Å². The van der Waals surface area contributed by atoms with Crippen LogP contribution in [0.25, 0.3) is 0 Å². The summed E-state index contributed by atoms with van der Waals surface area (Å²) in [7, 11) is -3.62. The van der Waals surface area contributed by atoms with Crippen molar-refractivity contribution < 1.29 is 23.0 Å². The van der Waals surface area contributed by atoms with Crippen molar-refractivity contribution in [3.05, 3.63) is 40.6 Å². The monoisotopic (exact) mass is 383 g/mol. The Hall–Kier alpha value is -1.61. The topological polar surface area (TPSA) is 84.9 Å². The van der Waals surface area contributed by atoms with Gasteiger partial charge in [0.15, 0.2) is 11.5 Å². The van der Waals surface area contributed by atoms with Crippen LogP contribution in [0.3, 0.4) is 0 Å². The summed E-state index contributed by atoms with van der Waals surface area (Å²) in [5.74, 6) is 1.15. The van der Waals surface area contributed by atoms with E-state index in [1.807, 2.05) is 16.8 Å². The van der Waals surface area contributed by atoms with Crippen LogP contribution in [0.5, 0.6) is 11.5 Å². The summed E-state index contributed by atoms with van der Waals surface area (Å²) in [6.45, 7) is 1.26. The Morgan fingerprint density at radius 2 is 1.96 bits per heavy atom. The number of fused-ring (bicyclic) bond motifs is 1. The standard InChI is InChI=1S/C17H21NO5S2/c19-7-4-13(14-5-10-24-12-14)3-6-18-25(20,21)15-1-2-16-17(11-15)23-9-8-22-16/h1-2,5,10-13,18-19H,3-4,6-9H2/t13-/m1/s1. The lowest BCUT2D eigenvalue weighted by molar-refractivity contribution is 0.171. The van der Waals surface area contributed by atoms with Gasteiger partial charge in [0.25, 0.3) is 0 Å². The summed E-state index contributed by atoms with van der Waals surface area (Å²) < 4.78 is 38.5. The number of aliphatic hydroxyl groups excluding tert-OH is 1. The average molecular weight is 383 g/mol. The van der Waals surface area contributed by atoms with Gasteiger partial charge in [0.1, 0.15) is 13.2 Å². The zero-order valence-corrected chi connectivity index (χ0v) is 15.3. The van der Waals surface area contributed by atoms with E-state index in [0.29, 0.717) is 44.1 Å². The molecule has 0 spiro atoms. The number of nitrogens with one attached hydrogen (secondary N) is 1. The smallest absolute Gasteiger partial charge is 0.240 e. The number of hydrogen-bond donors (Lipinski definition) is 2. The summed E-state index contributed by atoms with van der Waals surface area (Å²) in [4.78, 5) is 0.158. The second-order valence-corrected chi connectivity index (χ2v) is 8.30. The zero-order chi connectivity index (χ0) is 17.7. The fourth-order valence-electron chi connectivity index (χ4n) is 2.78. The van der Waals surface area contributed by atoms with Gasteiger partial charge in [-0.2, -0.15) is 11.3 Å². The van der Waals surface area contributed by atoms with E-state index in [2.05, 4.69) is 4.72 Å². The Bertz CT molecular complexity index is 789. The number of rotatable bonds is 8. The number of thiophene rings is 1. The van der Waals surface area contributed by atoms with Gasteiger partial charge in [-0.3, -0.25) is 0 Å². The molecule has 2 aromatic rings. The van der Waals surface area contributed by atoms with Crippen molar-refractivity contribution in [2.24, 2.45) is 0 Å². The van der Waals surface area contributed by atoms with Crippen molar-refractivity contribution in [3.63, 3.8) is 0 Å². The van der Waals surface area contributed by atoms with Crippen molar-refractivity contribution in [1.29, 1.82) is 0 Å². The molecule has 2 heterocycles. The molecule has 0 bridgehead atoms. The molecule has 136 valence electrons. The van der Waals surface area contributed by atoms with Gasteiger partial charge >= 0.3 is 0 Å². The maximum atomic E-state index is 12.5. The molecule has 0 radical (unpaired) electrons. The first kappa shape index (κ1) is 18.2. The minimum atomic E-state index is -3.62. The molecule has 0 saturated carbocycles. The highest BCUT2D eigenvalue weighted by Gasteiger charge is 2.20. The first-order valence-corrected chi connectivity index (χ1v) is 10.5. The van der Waals surface area contributed by atoms with Crippen LogP contribution in [0, 0.1) is 0 Å². The van der Waals surface area contributed by atoms with Crippen molar-refractivity contribution in [3.8, 4) is 11.5 Å². The third-order valence-electron chi connectivity index (χ3n) is 4.10. The molecule has 1 aromatic carbocycles. The van der Waals surface area contributed by atoms with Crippen LogP contribution in [-0.2, 0) is 10.0 Å². The molecule has 0 aliphatic carbocycles. The third-order valence-corrected chi connectivity index (χ3v) is 6.26. The van der Waals surface area contributed by atoms with E-state index in [0.717, 1.165) is 5.56 Å². The Labute approximate surface area is 151 Å². The van der Waals surface area contributed by atoms with Crippen molar-refractivity contribution in [1.82, 2.24) is 4.72 Å². The summed E-state index contributed by atoms with van der Waals surface area (Å²) in [6.07, 6.45) is 1.24. The normalized spacial score (nSPS) is 15.1. The lowest BCUT2D eigenvalue weighted by Gasteiger charge is -2.19. The predicted molar refractivity (Wildman–Crippen MR) is 96.0 cm³/mol. The molecule has 3 rings (SSSR count). The van der Waals surface area contributed by atoms with Crippen LogP contribution in [-0.4, -0.2) is 39.9 Å². The molecule has 0 saturated heterocycles.